The van der Waals surface area contributed by atoms with Crippen molar-refractivity contribution in [2.45, 2.75) is 39.5 Å². The first-order chi connectivity index (χ1) is 6.66. The van der Waals surface area contributed by atoms with Gasteiger partial charge in [0.2, 0.25) is 5.91 Å². The third kappa shape index (κ3) is 8.83. The number of carbonyl (C=O) groups is 2. The van der Waals surface area contributed by atoms with Crippen molar-refractivity contribution in [3.05, 3.63) is 0 Å². The average molecular weight is 199 g/mol. The molecule has 0 radical (unpaired) electrons. The highest BCUT2D eigenvalue weighted by Gasteiger charge is 2.02. The molecule has 0 saturated heterocycles. The summed E-state index contributed by atoms with van der Waals surface area (Å²) in [6.45, 7) is 4.08. The van der Waals surface area contributed by atoms with Crippen LogP contribution < -0.4 is 5.43 Å². The van der Waals surface area contributed by atoms with Crippen LogP contribution in [0.15, 0.2) is 10.3 Å². The third-order valence-electron chi connectivity index (χ3n) is 1.52. The molecule has 0 heterocycles. The summed E-state index contributed by atoms with van der Waals surface area (Å²) in [4.78, 5) is 21.4. The molecule has 0 aromatic carbocycles. The minimum Gasteiger partial charge on any atom is -0.299 e. The van der Waals surface area contributed by atoms with Gasteiger partial charge in [-0.3, -0.25) is 9.59 Å². The topological polar surface area (TPSA) is 70.9 Å². The molecule has 80 valence electrons. The number of carbonyl (C=O) groups excluding carboxylic acids is 2. The number of ketones is 1. The Kier molecular flexibility index (Phi) is 7.59. The van der Waals surface area contributed by atoms with Crippen molar-refractivity contribution < 1.29 is 9.59 Å². The maximum atomic E-state index is 10.9. The van der Waals surface area contributed by atoms with Crippen LogP contribution in [0, 0.1) is 0 Å². The molecule has 0 aromatic rings. The monoisotopic (exact) mass is 199 g/mol. The van der Waals surface area contributed by atoms with Gasteiger partial charge in [-0.25, -0.2) is 5.43 Å². The van der Waals surface area contributed by atoms with Crippen LogP contribution in [0.5, 0.6) is 0 Å². The Morgan fingerprint density at radius 3 is 2.57 bits per heavy atom. The summed E-state index contributed by atoms with van der Waals surface area (Å²) in [7, 11) is 0. The van der Waals surface area contributed by atoms with Crippen LogP contribution in [-0.2, 0) is 9.59 Å². The van der Waals surface area contributed by atoms with Gasteiger partial charge in [0.05, 0.1) is 13.0 Å². The van der Waals surface area contributed by atoms with E-state index < -0.39 is 5.91 Å². The molecule has 0 aromatic heterocycles. The molecule has 0 atom stereocenters. The van der Waals surface area contributed by atoms with Gasteiger partial charge in [0.1, 0.15) is 5.78 Å². The second kappa shape index (κ2) is 8.34. The van der Waals surface area contributed by atoms with Gasteiger partial charge in [0.25, 0.3) is 0 Å². The second-order valence-corrected chi connectivity index (χ2v) is 3.09. The number of nitrogens with zero attached hydrogens (tertiary/aromatic N) is 2. The van der Waals surface area contributed by atoms with Crippen molar-refractivity contribution >= 4 is 11.7 Å². The Morgan fingerprint density at radius 2 is 2.00 bits per heavy atom. The van der Waals surface area contributed by atoms with Crippen LogP contribution in [0.1, 0.15) is 39.5 Å². The highest BCUT2D eigenvalue weighted by Crippen LogP contribution is 1.93. The molecule has 0 aliphatic heterocycles. The van der Waals surface area contributed by atoms with Crippen LogP contribution >= 0.6 is 0 Å². The number of amides is 1. The van der Waals surface area contributed by atoms with E-state index in [-0.39, 0.29) is 12.2 Å². The van der Waals surface area contributed by atoms with Crippen molar-refractivity contribution in [1.82, 2.24) is 5.43 Å². The summed E-state index contributed by atoms with van der Waals surface area (Å²) in [6, 6.07) is 0. The first-order valence-electron chi connectivity index (χ1n) is 4.81. The lowest BCUT2D eigenvalue weighted by atomic mass is 10.3. The minimum atomic E-state index is -0.406. The number of hydrogen-bond acceptors (Lipinski definition) is 4. The predicted molar refractivity (Wildman–Crippen MR) is 52.7 cm³/mol. The normalized spacial score (nSPS) is 10.4. The van der Waals surface area contributed by atoms with Crippen LogP contribution in [-0.4, -0.2) is 18.2 Å². The SMILES string of the molecule is CCCCCN=NNC(=O)CC(C)=O. The molecule has 0 fully saturated rings. The Bertz CT molecular complexity index is 214. The van der Waals surface area contributed by atoms with Gasteiger partial charge < -0.3 is 0 Å². The molecule has 5 nitrogen and oxygen atoms in total. The van der Waals surface area contributed by atoms with Crippen LogP contribution in [0.4, 0.5) is 0 Å². The van der Waals surface area contributed by atoms with Gasteiger partial charge in [-0.2, -0.15) is 5.11 Å². The van der Waals surface area contributed by atoms with Gasteiger partial charge in [-0.05, 0) is 13.3 Å². The number of Topliss-reactive ketones (excluding diaryl/α,β-unsaturated/α-hetero) is 1. The zero-order chi connectivity index (χ0) is 10.8. The lowest BCUT2D eigenvalue weighted by Crippen LogP contribution is -2.19. The van der Waals surface area contributed by atoms with Crippen molar-refractivity contribution in [3.63, 3.8) is 0 Å². The van der Waals surface area contributed by atoms with Crippen molar-refractivity contribution in [2.24, 2.45) is 10.3 Å². The van der Waals surface area contributed by atoms with Gasteiger partial charge in [-0.1, -0.05) is 25.0 Å². The van der Waals surface area contributed by atoms with E-state index in [0.29, 0.717) is 6.54 Å². The maximum absolute atomic E-state index is 10.9. The standard InChI is InChI=1S/C9H17N3O2/c1-3-4-5-6-10-12-11-9(14)7-8(2)13/h3-7H2,1-2H3,(H,10,11,14). The molecule has 0 bridgehead atoms. The fraction of sp³-hybridized carbons (Fsp3) is 0.778. The Labute approximate surface area is 83.9 Å². The molecule has 1 N–H and O–H groups in total. The smallest absolute Gasteiger partial charge is 0.248 e. The van der Waals surface area contributed by atoms with Crippen molar-refractivity contribution in [1.29, 1.82) is 0 Å². The Hall–Kier alpha value is -1.26. The van der Waals surface area contributed by atoms with E-state index in [4.69, 9.17) is 0 Å². The molecule has 0 aliphatic carbocycles. The average Bonchev–Trinajstić information content (AvgIpc) is 2.10. The summed E-state index contributed by atoms with van der Waals surface area (Å²) in [5.74, 6) is -0.583. The van der Waals surface area contributed by atoms with Crippen molar-refractivity contribution in [2.75, 3.05) is 6.54 Å². The van der Waals surface area contributed by atoms with Crippen molar-refractivity contribution in [3.8, 4) is 0 Å². The molecule has 0 unspecified atom stereocenters. The highest BCUT2D eigenvalue weighted by atomic mass is 16.2. The van der Waals surface area contributed by atoms with E-state index in [9.17, 15) is 9.59 Å². The molecule has 0 rings (SSSR count). The fourth-order valence-corrected chi connectivity index (χ4v) is 0.839. The molecule has 0 aliphatic rings. The first-order valence-corrected chi connectivity index (χ1v) is 4.81. The lowest BCUT2D eigenvalue weighted by Gasteiger charge is -1.94. The minimum absolute atomic E-state index is 0.131. The summed E-state index contributed by atoms with van der Waals surface area (Å²) >= 11 is 0. The summed E-state index contributed by atoms with van der Waals surface area (Å²) in [5, 5.41) is 7.21. The van der Waals surface area contributed by atoms with E-state index in [2.05, 4.69) is 22.7 Å². The molecule has 0 saturated carbocycles. The molecular formula is C9H17N3O2. The van der Waals surface area contributed by atoms with Crippen LogP contribution in [0.3, 0.4) is 0 Å². The maximum Gasteiger partial charge on any atom is 0.248 e. The number of nitrogens with one attached hydrogen (secondary N) is 1. The molecule has 1 amide bonds. The second-order valence-electron chi connectivity index (χ2n) is 3.09. The van der Waals surface area contributed by atoms with Gasteiger partial charge >= 0.3 is 0 Å². The van der Waals surface area contributed by atoms with E-state index in [1.165, 1.54) is 6.92 Å². The van der Waals surface area contributed by atoms with Crippen LogP contribution in [0.2, 0.25) is 0 Å². The fourth-order valence-electron chi connectivity index (χ4n) is 0.839. The molecule has 5 heteroatoms. The number of hydrogen-bond donors (Lipinski definition) is 1. The summed E-state index contributed by atoms with van der Waals surface area (Å²) in [6.07, 6.45) is 3.09. The largest absolute Gasteiger partial charge is 0.299 e. The Balaban J connectivity index is 3.41. The zero-order valence-electron chi connectivity index (χ0n) is 8.75. The molecular weight excluding hydrogens is 182 g/mol. The number of rotatable bonds is 7. The predicted octanol–water partition coefficient (Wildman–Crippen LogP) is 1.64. The summed E-state index contributed by atoms with van der Waals surface area (Å²) < 4.78 is 0. The quantitative estimate of drug-likeness (QED) is 0.293. The molecule has 0 spiro atoms. The lowest BCUT2D eigenvalue weighted by molar-refractivity contribution is -0.127. The zero-order valence-corrected chi connectivity index (χ0v) is 8.75. The Morgan fingerprint density at radius 1 is 1.29 bits per heavy atom. The number of unbranched alkanes of at least 4 members (excludes halogenated alkanes) is 2. The van der Waals surface area contributed by atoms with E-state index in [0.717, 1.165) is 19.3 Å². The highest BCUT2D eigenvalue weighted by molar-refractivity contribution is 5.96. The van der Waals surface area contributed by atoms with E-state index in [1.807, 2.05) is 0 Å². The van der Waals surface area contributed by atoms with E-state index in [1.54, 1.807) is 0 Å². The van der Waals surface area contributed by atoms with Gasteiger partial charge in [0, 0.05) is 0 Å². The van der Waals surface area contributed by atoms with E-state index >= 15 is 0 Å². The summed E-state index contributed by atoms with van der Waals surface area (Å²) in [5.41, 5.74) is 2.19. The van der Waals surface area contributed by atoms with Crippen LogP contribution in [0.25, 0.3) is 0 Å². The molecule has 14 heavy (non-hydrogen) atoms. The van der Waals surface area contributed by atoms with Gasteiger partial charge in [-0.15, -0.1) is 0 Å². The first kappa shape index (κ1) is 12.7. The third-order valence-corrected chi connectivity index (χ3v) is 1.52. The van der Waals surface area contributed by atoms with Gasteiger partial charge in [0.15, 0.2) is 0 Å².